The van der Waals surface area contributed by atoms with E-state index in [2.05, 4.69) is 15.6 Å². The fraction of sp³-hybridized carbons (Fsp3) is 0.143. The zero-order valence-electron chi connectivity index (χ0n) is 15.4. The molecule has 0 spiro atoms. The maximum atomic E-state index is 12.3. The van der Waals surface area contributed by atoms with Crippen LogP contribution in [-0.4, -0.2) is 28.9 Å². The van der Waals surface area contributed by atoms with Crippen molar-refractivity contribution >= 4 is 40.1 Å². The van der Waals surface area contributed by atoms with Crippen LogP contribution in [0.4, 0.5) is 11.4 Å². The molecule has 0 saturated heterocycles. The quantitative estimate of drug-likeness (QED) is 0.665. The van der Waals surface area contributed by atoms with Gasteiger partial charge in [-0.2, -0.15) is 0 Å². The Morgan fingerprint density at radius 1 is 0.893 bits per heavy atom. The first kappa shape index (κ1) is 19.0. The van der Waals surface area contributed by atoms with Crippen molar-refractivity contribution in [2.45, 2.75) is 20.0 Å². The second kappa shape index (κ2) is 8.30. The van der Waals surface area contributed by atoms with Crippen LogP contribution in [0.3, 0.4) is 0 Å². The molecular formula is C21H19N3O4. The molecule has 0 unspecified atom stereocenters. The van der Waals surface area contributed by atoms with Crippen LogP contribution in [0.5, 0.6) is 0 Å². The molecule has 0 radical (unpaired) electrons. The second-order valence-electron chi connectivity index (χ2n) is 6.18. The predicted octanol–water partition coefficient (Wildman–Crippen LogP) is 3.38. The molecular weight excluding hydrogens is 358 g/mol. The summed E-state index contributed by atoms with van der Waals surface area (Å²) in [5.41, 5.74) is 1.95. The summed E-state index contributed by atoms with van der Waals surface area (Å²) in [6, 6.07) is 17.4. The Balaban J connectivity index is 1.61. The monoisotopic (exact) mass is 377 g/mol. The summed E-state index contributed by atoms with van der Waals surface area (Å²) in [6.45, 7) is 2.90. The minimum absolute atomic E-state index is 0.137. The Hall–Kier alpha value is -3.74. The van der Waals surface area contributed by atoms with E-state index in [-0.39, 0.29) is 11.6 Å². The van der Waals surface area contributed by atoms with Crippen molar-refractivity contribution < 1.29 is 19.1 Å². The fourth-order valence-corrected chi connectivity index (χ4v) is 2.54. The number of hydrogen-bond acceptors (Lipinski definition) is 5. The molecule has 1 heterocycles. The lowest BCUT2D eigenvalue weighted by Crippen LogP contribution is -2.30. The van der Waals surface area contributed by atoms with Crippen molar-refractivity contribution in [3.63, 3.8) is 0 Å². The van der Waals surface area contributed by atoms with Gasteiger partial charge in [-0.25, -0.2) is 9.78 Å². The van der Waals surface area contributed by atoms with E-state index in [1.807, 2.05) is 18.2 Å². The van der Waals surface area contributed by atoms with E-state index in [0.717, 1.165) is 5.39 Å². The Bertz CT molecular complexity index is 1030. The van der Waals surface area contributed by atoms with Crippen LogP contribution >= 0.6 is 0 Å². The molecule has 1 atom stereocenters. The second-order valence-corrected chi connectivity index (χ2v) is 6.18. The maximum absolute atomic E-state index is 12.3. The third-order valence-corrected chi connectivity index (χ3v) is 3.93. The number of carbonyl (C=O) groups is 3. The number of amides is 2. The molecule has 3 aromatic rings. The van der Waals surface area contributed by atoms with Gasteiger partial charge in [0.1, 0.15) is 5.69 Å². The zero-order chi connectivity index (χ0) is 20.1. The normalized spacial score (nSPS) is 11.5. The third-order valence-electron chi connectivity index (χ3n) is 3.93. The molecule has 1 aromatic heterocycles. The topological polar surface area (TPSA) is 97.4 Å². The van der Waals surface area contributed by atoms with Crippen LogP contribution in [0.25, 0.3) is 10.9 Å². The van der Waals surface area contributed by atoms with Gasteiger partial charge in [0.2, 0.25) is 5.91 Å². The highest BCUT2D eigenvalue weighted by Crippen LogP contribution is 2.15. The molecule has 0 saturated carbocycles. The number of benzene rings is 2. The van der Waals surface area contributed by atoms with E-state index < -0.39 is 18.0 Å². The average Bonchev–Trinajstić information content (AvgIpc) is 2.68. The van der Waals surface area contributed by atoms with Crippen molar-refractivity contribution in [2.75, 3.05) is 10.6 Å². The van der Waals surface area contributed by atoms with Crippen LogP contribution in [-0.2, 0) is 14.3 Å². The minimum atomic E-state index is -1.00. The summed E-state index contributed by atoms with van der Waals surface area (Å²) < 4.78 is 5.23. The molecule has 0 aliphatic heterocycles. The van der Waals surface area contributed by atoms with Gasteiger partial charge in [0.15, 0.2) is 6.10 Å². The van der Waals surface area contributed by atoms with Crippen molar-refractivity contribution in [3.05, 3.63) is 66.4 Å². The van der Waals surface area contributed by atoms with E-state index in [4.69, 9.17) is 4.74 Å². The van der Waals surface area contributed by atoms with Crippen molar-refractivity contribution in [1.82, 2.24) is 4.98 Å². The molecule has 3 rings (SSSR count). The number of esters is 1. The van der Waals surface area contributed by atoms with E-state index in [1.54, 1.807) is 42.5 Å². The highest BCUT2D eigenvalue weighted by molar-refractivity contribution is 5.97. The Morgan fingerprint density at radius 3 is 2.21 bits per heavy atom. The van der Waals surface area contributed by atoms with E-state index in [0.29, 0.717) is 16.9 Å². The zero-order valence-corrected chi connectivity index (χ0v) is 15.4. The SMILES string of the molecule is CC(=O)Nc1ccc(NC(=O)[C@H](C)OC(=O)c2ccc3ccccc3n2)cc1. The van der Waals surface area contributed by atoms with Crippen molar-refractivity contribution in [2.24, 2.45) is 0 Å². The van der Waals surface area contributed by atoms with Gasteiger partial charge >= 0.3 is 5.97 Å². The number of fused-ring (bicyclic) bond motifs is 1. The summed E-state index contributed by atoms with van der Waals surface area (Å²) in [7, 11) is 0. The number of ether oxygens (including phenoxy) is 1. The lowest BCUT2D eigenvalue weighted by molar-refractivity contribution is -0.123. The molecule has 2 N–H and O–H groups in total. The summed E-state index contributed by atoms with van der Waals surface area (Å²) in [5.74, 6) is -1.32. The summed E-state index contributed by atoms with van der Waals surface area (Å²) >= 11 is 0. The predicted molar refractivity (Wildman–Crippen MR) is 106 cm³/mol. The van der Waals surface area contributed by atoms with Gasteiger partial charge in [0.05, 0.1) is 5.52 Å². The minimum Gasteiger partial charge on any atom is -0.448 e. The molecule has 2 aromatic carbocycles. The number of para-hydroxylation sites is 1. The summed E-state index contributed by atoms with van der Waals surface area (Å²) in [5, 5.41) is 6.21. The molecule has 0 bridgehead atoms. The first-order valence-corrected chi connectivity index (χ1v) is 8.67. The highest BCUT2D eigenvalue weighted by Gasteiger charge is 2.20. The van der Waals surface area contributed by atoms with Crippen molar-refractivity contribution in [1.29, 1.82) is 0 Å². The highest BCUT2D eigenvalue weighted by atomic mass is 16.5. The van der Waals surface area contributed by atoms with Gasteiger partial charge < -0.3 is 15.4 Å². The van der Waals surface area contributed by atoms with Gasteiger partial charge in [-0.15, -0.1) is 0 Å². The van der Waals surface area contributed by atoms with E-state index in [9.17, 15) is 14.4 Å². The number of pyridine rings is 1. The molecule has 0 fully saturated rings. The fourth-order valence-electron chi connectivity index (χ4n) is 2.54. The Kier molecular flexibility index (Phi) is 5.64. The summed E-state index contributed by atoms with van der Waals surface area (Å²) in [6.07, 6.45) is -1.00. The Morgan fingerprint density at radius 2 is 1.54 bits per heavy atom. The van der Waals surface area contributed by atoms with Crippen LogP contribution in [0, 0.1) is 0 Å². The number of aromatic nitrogens is 1. The van der Waals surface area contributed by atoms with Gasteiger partial charge in [-0.05, 0) is 43.3 Å². The summed E-state index contributed by atoms with van der Waals surface area (Å²) in [4.78, 5) is 39.9. The lowest BCUT2D eigenvalue weighted by atomic mass is 10.2. The number of rotatable bonds is 5. The smallest absolute Gasteiger partial charge is 0.357 e. The average molecular weight is 377 g/mol. The lowest BCUT2D eigenvalue weighted by Gasteiger charge is -2.14. The standard InChI is InChI=1S/C21H19N3O4/c1-13(20(26)23-17-10-8-16(9-11-17)22-14(2)25)28-21(27)19-12-7-15-5-3-4-6-18(15)24-19/h3-13H,1-2H3,(H,22,25)(H,23,26)/t13-/m0/s1. The number of carbonyl (C=O) groups excluding carboxylic acids is 3. The van der Waals surface area contributed by atoms with Gasteiger partial charge in [0.25, 0.3) is 5.91 Å². The van der Waals surface area contributed by atoms with Crippen LogP contribution < -0.4 is 10.6 Å². The Labute approximate surface area is 161 Å². The molecule has 142 valence electrons. The molecule has 28 heavy (non-hydrogen) atoms. The first-order valence-electron chi connectivity index (χ1n) is 8.67. The number of nitrogens with zero attached hydrogens (tertiary/aromatic N) is 1. The van der Waals surface area contributed by atoms with Gasteiger partial charge in [0, 0.05) is 23.7 Å². The molecule has 7 heteroatoms. The molecule has 0 aliphatic rings. The number of hydrogen-bond donors (Lipinski definition) is 2. The number of anilines is 2. The van der Waals surface area contributed by atoms with Crippen LogP contribution in [0.1, 0.15) is 24.3 Å². The molecule has 0 aliphatic carbocycles. The van der Waals surface area contributed by atoms with Gasteiger partial charge in [-0.3, -0.25) is 9.59 Å². The molecule has 7 nitrogen and oxygen atoms in total. The molecule has 2 amide bonds. The van der Waals surface area contributed by atoms with Crippen molar-refractivity contribution in [3.8, 4) is 0 Å². The maximum Gasteiger partial charge on any atom is 0.357 e. The van der Waals surface area contributed by atoms with Crippen LogP contribution in [0.2, 0.25) is 0 Å². The number of nitrogens with one attached hydrogen (secondary N) is 2. The third kappa shape index (κ3) is 4.70. The largest absolute Gasteiger partial charge is 0.448 e. The van der Waals surface area contributed by atoms with E-state index >= 15 is 0 Å². The van der Waals surface area contributed by atoms with Crippen LogP contribution in [0.15, 0.2) is 60.7 Å². The van der Waals surface area contributed by atoms with E-state index in [1.165, 1.54) is 13.8 Å². The first-order chi connectivity index (χ1) is 13.4. The van der Waals surface area contributed by atoms with Gasteiger partial charge in [-0.1, -0.05) is 24.3 Å².